The number of aliphatic carboxylic acids is 1. The van der Waals surface area contributed by atoms with Crippen molar-refractivity contribution < 1.29 is 9.90 Å². The van der Waals surface area contributed by atoms with E-state index in [1.807, 2.05) is 0 Å². The SMILES string of the molecule is CC(C)C(C)CCCCC(=O)O. The molecule has 0 aromatic carbocycles. The number of carboxylic acids is 1. The predicted molar refractivity (Wildman–Crippen MR) is 50.1 cm³/mol. The Morgan fingerprint density at radius 2 is 1.83 bits per heavy atom. The molecule has 0 heterocycles. The lowest BCUT2D eigenvalue weighted by Crippen LogP contribution is -2.04. The monoisotopic (exact) mass is 172 g/mol. The maximum atomic E-state index is 10.2. The summed E-state index contributed by atoms with van der Waals surface area (Å²) in [6.07, 6.45) is 3.35. The lowest BCUT2D eigenvalue weighted by atomic mass is 9.92. The van der Waals surface area contributed by atoms with Crippen LogP contribution in [0.1, 0.15) is 46.5 Å². The summed E-state index contributed by atoms with van der Waals surface area (Å²) in [5.41, 5.74) is 0. The van der Waals surface area contributed by atoms with Gasteiger partial charge in [-0.15, -0.1) is 0 Å². The molecule has 0 spiro atoms. The van der Waals surface area contributed by atoms with Crippen LogP contribution in [0.2, 0.25) is 0 Å². The molecule has 2 heteroatoms. The summed E-state index contributed by atoms with van der Waals surface area (Å²) >= 11 is 0. The van der Waals surface area contributed by atoms with Gasteiger partial charge in [-0.1, -0.05) is 33.6 Å². The molecule has 1 N–H and O–H groups in total. The fourth-order valence-electron chi connectivity index (χ4n) is 1.08. The summed E-state index contributed by atoms with van der Waals surface area (Å²) in [5.74, 6) is 0.765. The van der Waals surface area contributed by atoms with Gasteiger partial charge in [0.05, 0.1) is 0 Å². The zero-order chi connectivity index (χ0) is 9.56. The van der Waals surface area contributed by atoms with Crippen LogP contribution in [-0.4, -0.2) is 11.1 Å². The van der Waals surface area contributed by atoms with E-state index in [1.165, 1.54) is 0 Å². The fourth-order valence-corrected chi connectivity index (χ4v) is 1.08. The fraction of sp³-hybridized carbons (Fsp3) is 0.900. The van der Waals surface area contributed by atoms with Crippen LogP contribution in [0.25, 0.3) is 0 Å². The highest BCUT2D eigenvalue weighted by Crippen LogP contribution is 2.17. The minimum Gasteiger partial charge on any atom is -0.481 e. The quantitative estimate of drug-likeness (QED) is 0.625. The van der Waals surface area contributed by atoms with E-state index in [0.29, 0.717) is 6.42 Å². The lowest BCUT2D eigenvalue weighted by Gasteiger charge is -2.14. The first-order valence-corrected chi connectivity index (χ1v) is 4.75. The second-order valence-electron chi connectivity index (χ2n) is 3.86. The molecule has 0 aromatic heterocycles. The number of carbonyl (C=O) groups is 1. The molecule has 0 radical (unpaired) electrons. The Kier molecular flexibility index (Phi) is 5.77. The smallest absolute Gasteiger partial charge is 0.303 e. The number of rotatable bonds is 6. The van der Waals surface area contributed by atoms with Crippen molar-refractivity contribution in [1.29, 1.82) is 0 Å². The van der Waals surface area contributed by atoms with E-state index in [2.05, 4.69) is 20.8 Å². The molecule has 1 unspecified atom stereocenters. The van der Waals surface area contributed by atoms with Crippen LogP contribution in [0, 0.1) is 11.8 Å². The van der Waals surface area contributed by atoms with Crippen molar-refractivity contribution in [2.24, 2.45) is 11.8 Å². The molecule has 72 valence electrons. The number of carboxylic acid groups (broad SMARTS) is 1. The Bertz CT molecular complexity index is 130. The Balaban J connectivity index is 3.25. The maximum absolute atomic E-state index is 10.2. The first-order valence-electron chi connectivity index (χ1n) is 4.75. The van der Waals surface area contributed by atoms with Gasteiger partial charge < -0.3 is 5.11 Å². The summed E-state index contributed by atoms with van der Waals surface area (Å²) in [4.78, 5) is 10.2. The average Bonchev–Trinajstić information content (AvgIpc) is 1.97. The first-order chi connectivity index (χ1) is 5.54. The third-order valence-corrected chi connectivity index (χ3v) is 2.44. The Morgan fingerprint density at radius 3 is 2.25 bits per heavy atom. The van der Waals surface area contributed by atoms with Crippen LogP contribution in [0.15, 0.2) is 0 Å². The van der Waals surface area contributed by atoms with Gasteiger partial charge in [0.15, 0.2) is 0 Å². The standard InChI is InChI=1S/C10H20O2/c1-8(2)9(3)6-4-5-7-10(11)12/h8-9H,4-7H2,1-3H3,(H,11,12). The summed E-state index contributed by atoms with van der Waals surface area (Å²) in [5, 5.41) is 8.39. The molecule has 0 aliphatic heterocycles. The van der Waals surface area contributed by atoms with Crippen LogP contribution in [-0.2, 0) is 4.79 Å². The van der Waals surface area contributed by atoms with Gasteiger partial charge in [-0.2, -0.15) is 0 Å². The van der Waals surface area contributed by atoms with Crippen molar-refractivity contribution in [3.05, 3.63) is 0 Å². The number of hydrogen-bond acceptors (Lipinski definition) is 1. The van der Waals surface area contributed by atoms with Gasteiger partial charge in [-0.05, 0) is 18.3 Å². The van der Waals surface area contributed by atoms with Crippen LogP contribution >= 0.6 is 0 Å². The molecule has 0 aromatic rings. The number of hydrogen-bond donors (Lipinski definition) is 1. The lowest BCUT2D eigenvalue weighted by molar-refractivity contribution is -0.137. The Labute approximate surface area is 75.0 Å². The highest BCUT2D eigenvalue weighted by atomic mass is 16.4. The van der Waals surface area contributed by atoms with Crippen LogP contribution < -0.4 is 0 Å². The molecule has 0 aliphatic rings. The van der Waals surface area contributed by atoms with E-state index >= 15 is 0 Å². The van der Waals surface area contributed by atoms with Crippen LogP contribution in [0.3, 0.4) is 0 Å². The molecule has 0 saturated carbocycles. The van der Waals surface area contributed by atoms with E-state index in [0.717, 1.165) is 31.1 Å². The molecule has 2 nitrogen and oxygen atoms in total. The van der Waals surface area contributed by atoms with E-state index in [1.54, 1.807) is 0 Å². The minimum atomic E-state index is -0.674. The molecule has 12 heavy (non-hydrogen) atoms. The van der Waals surface area contributed by atoms with Crippen molar-refractivity contribution in [3.8, 4) is 0 Å². The van der Waals surface area contributed by atoms with Crippen molar-refractivity contribution in [2.75, 3.05) is 0 Å². The molecular weight excluding hydrogens is 152 g/mol. The molecule has 0 saturated heterocycles. The molecule has 1 atom stereocenters. The van der Waals surface area contributed by atoms with Crippen molar-refractivity contribution in [2.45, 2.75) is 46.5 Å². The summed E-state index contributed by atoms with van der Waals surface area (Å²) in [6.45, 7) is 6.65. The second-order valence-corrected chi connectivity index (χ2v) is 3.86. The largest absolute Gasteiger partial charge is 0.481 e. The summed E-state index contributed by atoms with van der Waals surface area (Å²) in [6, 6.07) is 0. The van der Waals surface area contributed by atoms with E-state index < -0.39 is 5.97 Å². The van der Waals surface area contributed by atoms with Crippen LogP contribution in [0.5, 0.6) is 0 Å². The third kappa shape index (κ3) is 6.20. The third-order valence-electron chi connectivity index (χ3n) is 2.44. The van der Waals surface area contributed by atoms with Crippen molar-refractivity contribution in [3.63, 3.8) is 0 Å². The van der Waals surface area contributed by atoms with Crippen LogP contribution in [0.4, 0.5) is 0 Å². The number of unbranched alkanes of at least 4 members (excludes halogenated alkanes) is 1. The highest BCUT2D eigenvalue weighted by Gasteiger charge is 2.06. The molecule has 0 rings (SSSR count). The maximum Gasteiger partial charge on any atom is 0.303 e. The molecule has 0 amide bonds. The van der Waals surface area contributed by atoms with E-state index in [9.17, 15) is 4.79 Å². The first kappa shape index (κ1) is 11.5. The second kappa shape index (κ2) is 6.04. The van der Waals surface area contributed by atoms with Crippen molar-refractivity contribution in [1.82, 2.24) is 0 Å². The minimum absolute atomic E-state index is 0.324. The Hall–Kier alpha value is -0.530. The highest BCUT2D eigenvalue weighted by molar-refractivity contribution is 5.66. The molecule has 0 bridgehead atoms. The van der Waals surface area contributed by atoms with Gasteiger partial charge in [0, 0.05) is 6.42 Å². The molecule has 0 fully saturated rings. The van der Waals surface area contributed by atoms with Gasteiger partial charge in [0.1, 0.15) is 0 Å². The summed E-state index contributed by atoms with van der Waals surface area (Å²) < 4.78 is 0. The molecule has 0 aliphatic carbocycles. The average molecular weight is 172 g/mol. The zero-order valence-electron chi connectivity index (χ0n) is 8.34. The van der Waals surface area contributed by atoms with Crippen molar-refractivity contribution >= 4 is 5.97 Å². The predicted octanol–water partition coefficient (Wildman–Crippen LogP) is 2.92. The van der Waals surface area contributed by atoms with Gasteiger partial charge in [0.2, 0.25) is 0 Å². The molecular formula is C10H20O2. The Morgan fingerprint density at radius 1 is 1.25 bits per heavy atom. The van der Waals surface area contributed by atoms with Gasteiger partial charge in [-0.25, -0.2) is 0 Å². The zero-order valence-corrected chi connectivity index (χ0v) is 8.34. The summed E-state index contributed by atoms with van der Waals surface area (Å²) in [7, 11) is 0. The van der Waals surface area contributed by atoms with Gasteiger partial charge in [0.25, 0.3) is 0 Å². The van der Waals surface area contributed by atoms with Gasteiger partial charge >= 0.3 is 5.97 Å². The van der Waals surface area contributed by atoms with E-state index in [4.69, 9.17) is 5.11 Å². The van der Waals surface area contributed by atoms with Gasteiger partial charge in [-0.3, -0.25) is 4.79 Å². The normalized spacial score (nSPS) is 13.3. The van der Waals surface area contributed by atoms with E-state index in [-0.39, 0.29) is 0 Å². The topological polar surface area (TPSA) is 37.3 Å².